The fourth-order valence-corrected chi connectivity index (χ4v) is 2.28. The highest BCUT2D eigenvalue weighted by Gasteiger charge is 2.13. The van der Waals surface area contributed by atoms with Gasteiger partial charge in [-0.1, -0.05) is 42.5 Å². The summed E-state index contributed by atoms with van der Waals surface area (Å²) in [5.74, 6) is -1.40. The zero-order valence-electron chi connectivity index (χ0n) is 12.3. The molecule has 0 aliphatic rings. The van der Waals surface area contributed by atoms with Gasteiger partial charge < -0.3 is 10.5 Å². The van der Waals surface area contributed by atoms with Crippen LogP contribution in [0.1, 0.15) is 5.56 Å². The number of rotatable bonds is 4. The van der Waals surface area contributed by atoms with Gasteiger partial charge in [-0.2, -0.15) is 0 Å². The highest BCUT2D eigenvalue weighted by Crippen LogP contribution is 2.29. The lowest BCUT2D eigenvalue weighted by Gasteiger charge is -2.10. The molecular formula is C19H15F2NO. The number of nitrogens with two attached hydrogens (primary N) is 1. The first-order valence-electron chi connectivity index (χ1n) is 7.16. The van der Waals surface area contributed by atoms with Crippen LogP contribution >= 0.6 is 0 Å². The predicted molar refractivity (Wildman–Crippen MR) is 87.0 cm³/mol. The lowest BCUT2D eigenvalue weighted by Crippen LogP contribution is -1.98. The number of ether oxygens (including phenoxy) is 1. The van der Waals surface area contributed by atoms with Crippen LogP contribution in [0.3, 0.4) is 0 Å². The van der Waals surface area contributed by atoms with Crippen molar-refractivity contribution in [3.05, 3.63) is 83.9 Å². The summed E-state index contributed by atoms with van der Waals surface area (Å²) >= 11 is 0. The summed E-state index contributed by atoms with van der Waals surface area (Å²) in [6.45, 7) is 0.406. The molecule has 0 bridgehead atoms. The first-order chi connectivity index (χ1) is 11.1. The maximum Gasteiger partial charge on any atom is 0.182 e. The third-order valence-electron chi connectivity index (χ3n) is 3.51. The Balaban J connectivity index is 1.84. The maximum atomic E-state index is 14.0. The van der Waals surface area contributed by atoms with E-state index in [1.807, 2.05) is 30.3 Å². The Morgan fingerprint density at radius 3 is 2.39 bits per heavy atom. The van der Waals surface area contributed by atoms with Crippen LogP contribution in [0.4, 0.5) is 14.5 Å². The van der Waals surface area contributed by atoms with Gasteiger partial charge in [-0.15, -0.1) is 0 Å². The molecule has 0 aromatic heterocycles. The second-order valence-corrected chi connectivity index (χ2v) is 5.13. The van der Waals surface area contributed by atoms with Crippen molar-refractivity contribution in [2.45, 2.75) is 6.61 Å². The number of hydrogen-bond donors (Lipinski definition) is 1. The number of benzene rings is 3. The summed E-state index contributed by atoms with van der Waals surface area (Å²) in [7, 11) is 0. The van der Waals surface area contributed by atoms with Gasteiger partial charge in [0.25, 0.3) is 0 Å². The molecule has 0 atom stereocenters. The molecule has 3 aromatic rings. The van der Waals surface area contributed by atoms with Crippen molar-refractivity contribution in [2.75, 3.05) is 5.73 Å². The third-order valence-corrected chi connectivity index (χ3v) is 3.51. The molecule has 2 nitrogen and oxygen atoms in total. The zero-order valence-corrected chi connectivity index (χ0v) is 12.3. The van der Waals surface area contributed by atoms with E-state index in [1.54, 1.807) is 24.3 Å². The average molecular weight is 311 g/mol. The van der Waals surface area contributed by atoms with Gasteiger partial charge in [-0.3, -0.25) is 0 Å². The van der Waals surface area contributed by atoms with E-state index >= 15 is 0 Å². The van der Waals surface area contributed by atoms with Gasteiger partial charge in [0, 0.05) is 5.56 Å². The van der Waals surface area contributed by atoms with Gasteiger partial charge in [0.2, 0.25) is 0 Å². The molecule has 3 aromatic carbocycles. The second-order valence-electron chi connectivity index (χ2n) is 5.13. The summed E-state index contributed by atoms with van der Waals surface area (Å²) in [6, 6.07) is 19.4. The lowest BCUT2D eigenvalue weighted by atomic mass is 10.0. The van der Waals surface area contributed by atoms with Gasteiger partial charge in [0.05, 0.1) is 5.69 Å². The highest BCUT2D eigenvalue weighted by atomic mass is 19.2. The van der Waals surface area contributed by atoms with Crippen molar-refractivity contribution in [1.82, 2.24) is 0 Å². The minimum atomic E-state index is -1.03. The van der Waals surface area contributed by atoms with Gasteiger partial charge in [-0.25, -0.2) is 8.78 Å². The Morgan fingerprint density at radius 2 is 1.61 bits per heavy atom. The molecule has 116 valence electrons. The van der Waals surface area contributed by atoms with Crippen LogP contribution in [0.15, 0.2) is 66.7 Å². The van der Waals surface area contributed by atoms with E-state index < -0.39 is 11.6 Å². The summed E-state index contributed by atoms with van der Waals surface area (Å²) in [5, 5.41) is 0. The molecule has 0 fully saturated rings. The SMILES string of the molecule is Nc1ccc(-c2cccc(OCc3ccccc3)c2)c(F)c1F. The van der Waals surface area contributed by atoms with Crippen LogP contribution in [0, 0.1) is 11.6 Å². The lowest BCUT2D eigenvalue weighted by molar-refractivity contribution is 0.306. The topological polar surface area (TPSA) is 35.2 Å². The van der Waals surface area contributed by atoms with Gasteiger partial charge >= 0.3 is 0 Å². The average Bonchev–Trinajstić information content (AvgIpc) is 2.59. The van der Waals surface area contributed by atoms with Crippen molar-refractivity contribution < 1.29 is 13.5 Å². The largest absolute Gasteiger partial charge is 0.489 e. The number of hydrogen-bond acceptors (Lipinski definition) is 2. The Morgan fingerprint density at radius 1 is 0.826 bits per heavy atom. The molecular weight excluding hydrogens is 296 g/mol. The van der Waals surface area contributed by atoms with Crippen LogP contribution in [0.2, 0.25) is 0 Å². The quantitative estimate of drug-likeness (QED) is 0.703. The van der Waals surface area contributed by atoms with Crippen LogP contribution in [0.5, 0.6) is 5.75 Å². The summed E-state index contributed by atoms with van der Waals surface area (Å²) < 4.78 is 33.4. The second kappa shape index (κ2) is 6.48. The maximum absolute atomic E-state index is 14.0. The molecule has 0 spiro atoms. The summed E-state index contributed by atoms with van der Waals surface area (Å²) in [4.78, 5) is 0. The van der Waals surface area contributed by atoms with Crippen LogP contribution < -0.4 is 10.5 Å². The molecule has 4 heteroatoms. The minimum absolute atomic E-state index is 0.155. The molecule has 0 aliphatic heterocycles. The van der Waals surface area contributed by atoms with Crippen LogP contribution in [0.25, 0.3) is 11.1 Å². The minimum Gasteiger partial charge on any atom is -0.489 e. The van der Waals surface area contributed by atoms with Crippen molar-refractivity contribution in [1.29, 1.82) is 0 Å². The molecule has 23 heavy (non-hydrogen) atoms. The molecule has 0 saturated heterocycles. The molecule has 2 N–H and O–H groups in total. The van der Waals surface area contributed by atoms with Gasteiger partial charge in [0.15, 0.2) is 11.6 Å². The standard InChI is InChI=1S/C19H15F2NO/c20-18-16(9-10-17(22)19(18)21)14-7-4-8-15(11-14)23-12-13-5-2-1-3-6-13/h1-11H,12,22H2. The van der Waals surface area contributed by atoms with E-state index in [4.69, 9.17) is 10.5 Å². The van der Waals surface area contributed by atoms with Gasteiger partial charge in [-0.05, 0) is 35.4 Å². The third kappa shape index (κ3) is 3.31. The van der Waals surface area contributed by atoms with Crippen molar-refractivity contribution in [3.8, 4) is 16.9 Å². The van der Waals surface area contributed by atoms with E-state index in [0.29, 0.717) is 17.9 Å². The number of anilines is 1. The first-order valence-corrected chi connectivity index (χ1v) is 7.16. The van der Waals surface area contributed by atoms with Crippen molar-refractivity contribution in [3.63, 3.8) is 0 Å². The molecule has 0 heterocycles. The molecule has 0 amide bonds. The fourth-order valence-electron chi connectivity index (χ4n) is 2.28. The molecule has 0 aliphatic carbocycles. The van der Waals surface area contributed by atoms with E-state index in [0.717, 1.165) is 5.56 Å². The first kappa shape index (κ1) is 15.0. The van der Waals surface area contributed by atoms with Crippen molar-refractivity contribution >= 4 is 5.69 Å². The van der Waals surface area contributed by atoms with Crippen LogP contribution in [-0.2, 0) is 6.61 Å². The highest BCUT2D eigenvalue weighted by molar-refractivity contribution is 5.68. The smallest absolute Gasteiger partial charge is 0.182 e. The fraction of sp³-hybridized carbons (Fsp3) is 0.0526. The van der Waals surface area contributed by atoms with Gasteiger partial charge in [0.1, 0.15) is 12.4 Å². The van der Waals surface area contributed by atoms with E-state index in [9.17, 15) is 8.78 Å². The number of nitrogen functional groups attached to an aromatic ring is 1. The van der Waals surface area contributed by atoms with E-state index in [-0.39, 0.29) is 11.3 Å². The molecule has 0 saturated carbocycles. The van der Waals surface area contributed by atoms with E-state index in [2.05, 4.69) is 0 Å². The normalized spacial score (nSPS) is 10.5. The van der Waals surface area contributed by atoms with Crippen molar-refractivity contribution in [2.24, 2.45) is 0 Å². The molecule has 0 unspecified atom stereocenters. The van der Waals surface area contributed by atoms with Crippen LogP contribution in [-0.4, -0.2) is 0 Å². The predicted octanol–water partition coefficient (Wildman–Crippen LogP) is 4.79. The van der Waals surface area contributed by atoms with E-state index in [1.165, 1.54) is 12.1 Å². The monoisotopic (exact) mass is 311 g/mol. The number of halogens is 2. The molecule has 0 radical (unpaired) electrons. The Labute approximate surface area is 133 Å². The Kier molecular flexibility index (Phi) is 4.24. The Bertz CT molecular complexity index is 819. The summed E-state index contributed by atoms with van der Waals surface area (Å²) in [5.41, 5.74) is 6.88. The Hall–Kier alpha value is -2.88. The molecule has 3 rings (SSSR count). The zero-order chi connectivity index (χ0) is 16.2. The summed E-state index contributed by atoms with van der Waals surface area (Å²) in [6.07, 6.45) is 0.